The molecule has 0 amide bonds. The summed E-state index contributed by atoms with van der Waals surface area (Å²) in [6, 6.07) is 9.93. The van der Waals surface area contributed by atoms with E-state index in [1.54, 1.807) is 0 Å². The Morgan fingerprint density at radius 3 is 2.71 bits per heavy atom. The first-order valence-electron chi connectivity index (χ1n) is 7.84. The molecule has 24 heavy (non-hydrogen) atoms. The number of hydrogen-bond acceptors (Lipinski definition) is 6. The van der Waals surface area contributed by atoms with Crippen molar-refractivity contribution in [1.82, 2.24) is 24.8 Å². The lowest BCUT2D eigenvalue weighted by Crippen LogP contribution is -2.39. The Bertz CT molecular complexity index is 898. The molecule has 0 spiro atoms. The van der Waals surface area contributed by atoms with Gasteiger partial charge in [0.2, 0.25) is 0 Å². The first-order valence-corrected chi connectivity index (χ1v) is 7.84. The predicted molar refractivity (Wildman–Crippen MR) is 89.0 cm³/mol. The fraction of sp³-hybridized carbons (Fsp3) is 0.312. The van der Waals surface area contributed by atoms with E-state index in [1.807, 2.05) is 18.2 Å². The number of ether oxygens (including phenoxy) is 1. The zero-order chi connectivity index (χ0) is 16.5. The molecule has 8 nitrogen and oxygen atoms in total. The Kier molecular flexibility index (Phi) is 3.75. The first-order chi connectivity index (χ1) is 11.8. The van der Waals surface area contributed by atoms with Crippen LogP contribution in [-0.2, 0) is 4.74 Å². The standard InChI is InChI=1S/C16H18N6O2/c17-22-15-12(18-10-19-16(15)23)13(20-22)14(11-4-2-1-3-5-11)21-6-8-24-9-7-21/h1-5,10,14H,6-9,17H2,(H,18,19,23). The third kappa shape index (κ3) is 2.45. The molecule has 1 aliphatic rings. The second-order valence-electron chi connectivity index (χ2n) is 5.72. The van der Waals surface area contributed by atoms with E-state index in [2.05, 4.69) is 32.1 Å². The van der Waals surface area contributed by atoms with E-state index < -0.39 is 0 Å². The van der Waals surface area contributed by atoms with E-state index >= 15 is 0 Å². The van der Waals surface area contributed by atoms with Gasteiger partial charge in [-0.3, -0.25) is 9.69 Å². The smallest absolute Gasteiger partial charge is 0.279 e. The molecule has 4 rings (SSSR count). The average Bonchev–Trinajstić information content (AvgIpc) is 2.95. The molecule has 0 saturated carbocycles. The van der Waals surface area contributed by atoms with Gasteiger partial charge in [0.05, 0.1) is 25.6 Å². The van der Waals surface area contributed by atoms with E-state index in [1.165, 1.54) is 6.33 Å². The number of aromatic nitrogens is 4. The number of morpholine rings is 1. The van der Waals surface area contributed by atoms with E-state index in [0.717, 1.165) is 23.4 Å². The highest BCUT2D eigenvalue weighted by Crippen LogP contribution is 2.31. The monoisotopic (exact) mass is 326 g/mol. The highest BCUT2D eigenvalue weighted by molar-refractivity contribution is 5.77. The molecule has 3 heterocycles. The van der Waals surface area contributed by atoms with Crippen molar-refractivity contribution < 1.29 is 4.74 Å². The molecular formula is C16H18N6O2. The quantitative estimate of drug-likeness (QED) is 0.669. The minimum absolute atomic E-state index is 0.128. The molecule has 1 unspecified atom stereocenters. The molecule has 1 saturated heterocycles. The normalized spacial score (nSPS) is 17.2. The van der Waals surface area contributed by atoms with Gasteiger partial charge >= 0.3 is 0 Å². The molecule has 3 aromatic rings. The van der Waals surface area contributed by atoms with Crippen LogP contribution in [0.2, 0.25) is 0 Å². The zero-order valence-electron chi connectivity index (χ0n) is 13.1. The van der Waals surface area contributed by atoms with Crippen LogP contribution in [0.3, 0.4) is 0 Å². The number of benzene rings is 1. The molecule has 0 aliphatic carbocycles. The number of fused-ring (bicyclic) bond motifs is 1. The molecule has 1 aromatic carbocycles. The third-order valence-corrected chi connectivity index (χ3v) is 4.30. The van der Waals surface area contributed by atoms with Crippen molar-refractivity contribution >= 4 is 11.0 Å². The maximum absolute atomic E-state index is 12.1. The van der Waals surface area contributed by atoms with E-state index in [0.29, 0.717) is 24.4 Å². The molecule has 1 atom stereocenters. The lowest BCUT2D eigenvalue weighted by molar-refractivity contribution is 0.0233. The highest BCUT2D eigenvalue weighted by atomic mass is 16.5. The van der Waals surface area contributed by atoms with Crippen LogP contribution in [0.5, 0.6) is 0 Å². The lowest BCUT2D eigenvalue weighted by Gasteiger charge is -2.33. The van der Waals surface area contributed by atoms with Crippen LogP contribution in [0.15, 0.2) is 41.5 Å². The maximum Gasteiger partial charge on any atom is 0.279 e. The van der Waals surface area contributed by atoms with Gasteiger partial charge in [-0.15, -0.1) is 0 Å². The molecule has 0 bridgehead atoms. The highest BCUT2D eigenvalue weighted by Gasteiger charge is 2.29. The third-order valence-electron chi connectivity index (χ3n) is 4.30. The van der Waals surface area contributed by atoms with Crippen LogP contribution in [0.4, 0.5) is 0 Å². The number of nitrogen functional groups attached to an aromatic ring is 1. The van der Waals surface area contributed by atoms with Crippen LogP contribution in [0, 0.1) is 0 Å². The van der Waals surface area contributed by atoms with Crippen molar-refractivity contribution in [2.75, 3.05) is 32.1 Å². The summed E-state index contributed by atoms with van der Waals surface area (Å²) >= 11 is 0. The van der Waals surface area contributed by atoms with Gasteiger partial charge in [0.15, 0.2) is 5.52 Å². The molecule has 1 aliphatic heterocycles. The maximum atomic E-state index is 12.1. The van der Waals surface area contributed by atoms with Gasteiger partial charge in [-0.25, -0.2) is 4.98 Å². The minimum Gasteiger partial charge on any atom is -0.379 e. The Balaban J connectivity index is 1.91. The minimum atomic E-state index is -0.296. The molecular weight excluding hydrogens is 308 g/mol. The fourth-order valence-electron chi connectivity index (χ4n) is 3.20. The number of hydrogen-bond donors (Lipinski definition) is 2. The fourth-order valence-corrected chi connectivity index (χ4v) is 3.20. The molecule has 3 N–H and O–H groups in total. The second-order valence-corrected chi connectivity index (χ2v) is 5.72. The molecule has 0 radical (unpaired) electrons. The van der Waals surface area contributed by atoms with Crippen LogP contribution in [0.1, 0.15) is 17.3 Å². The van der Waals surface area contributed by atoms with Gasteiger partial charge in [-0.1, -0.05) is 30.3 Å². The SMILES string of the molecule is Nn1nc(C(c2ccccc2)N2CCOCC2)c2nc[nH]c(=O)c21. The van der Waals surface area contributed by atoms with Gasteiger partial charge in [0.25, 0.3) is 5.56 Å². The van der Waals surface area contributed by atoms with Crippen molar-refractivity contribution in [1.29, 1.82) is 0 Å². The summed E-state index contributed by atoms with van der Waals surface area (Å²) < 4.78 is 5.47. The van der Waals surface area contributed by atoms with Crippen LogP contribution in [0.25, 0.3) is 11.0 Å². The van der Waals surface area contributed by atoms with E-state index in [4.69, 9.17) is 10.6 Å². The predicted octanol–water partition coefficient (Wildman–Crippen LogP) is 0.255. The summed E-state index contributed by atoms with van der Waals surface area (Å²) in [5.41, 5.74) is 2.28. The number of H-pyrrole nitrogens is 1. The molecule has 1 fully saturated rings. The van der Waals surface area contributed by atoms with Crippen LogP contribution in [-0.4, -0.2) is 51.1 Å². The topological polar surface area (TPSA) is 102 Å². The van der Waals surface area contributed by atoms with Crippen LogP contribution < -0.4 is 11.4 Å². The van der Waals surface area contributed by atoms with Gasteiger partial charge < -0.3 is 15.6 Å². The molecule has 2 aromatic heterocycles. The summed E-state index contributed by atoms with van der Waals surface area (Å²) in [6.07, 6.45) is 1.39. The van der Waals surface area contributed by atoms with E-state index in [-0.39, 0.29) is 17.1 Å². The van der Waals surface area contributed by atoms with Gasteiger partial charge in [-0.2, -0.15) is 9.89 Å². The summed E-state index contributed by atoms with van der Waals surface area (Å²) in [5, 5.41) is 4.43. The van der Waals surface area contributed by atoms with E-state index in [9.17, 15) is 4.79 Å². The molecule has 8 heteroatoms. The Morgan fingerprint density at radius 2 is 1.96 bits per heavy atom. The van der Waals surface area contributed by atoms with Crippen LogP contribution >= 0.6 is 0 Å². The summed E-state index contributed by atoms with van der Waals surface area (Å²) in [7, 11) is 0. The van der Waals surface area contributed by atoms with Gasteiger partial charge in [0, 0.05) is 13.1 Å². The lowest BCUT2D eigenvalue weighted by atomic mass is 10.0. The number of nitrogens with two attached hydrogens (primary N) is 1. The summed E-state index contributed by atoms with van der Waals surface area (Å²) in [4.78, 5) is 22.4. The Labute approximate surface area is 137 Å². The average molecular weight is 326 g/mol. The van der Waals surface area contributed by atoms with Crippen molar-refractivity contribution in [2.24, 2.45) is 0 Å². The number of rotatable bonds is 3. The number of aromatic amines is 1. The number of nitrogens with one attached hydrogen (secondary N) is 1. The summed E-state index contributed by atoms with van der Waals surface area (Å²) in [6.45, 7) is 2.89. The van der Waals surface area contributed by atoms with Crippen molar-refractivity contribution in [3.8, 4) is 0 Å². The van der Waals surface area contributed by atoms with Gasteiger partial charge in [0.1, 0.15) is 11.2 Å². The Hall–Kier alpha value is -2.71. The summed E-state index contributed by atoms with van der Waals surface area (Å²) in [5.74, 6) is 5.93. The largest absolute Gasteiger partial charge is 0.379 e. The van der Waals surface area contributed by atoms with Crippen molar-refractivity contribution in [3.63, 3.8) is 0 Å². The first kappa shape index (κ1) is 14.9. The number of nitrogens with zero attached hydrogens (tertiary/aromatic N) is 4. The Morgan fingerprint density at radius 1 is 1.21 bits per heavy atom. The zero-order valence-corrected chi connectivity index (χ0v) is 13.1. The van der Waals surface area contributed by atoms with Gasteiger partial charge in [-0.05, 0) is 5.56 Å². The molecule has 124 valence electrons. The van der Waals surface area contributed by atoms with Crippen molar-refractivity contribution in [2.45, 2.75) is 6.04 Å². The van der Waals surface area contributed by atoms with Crippen molar-refractivity contribution in [3.05, 3.63) is 58.3 Å². The second kappa shape index (κ2) is 6.06.